The van der Waals surface area contributed by atoms with E-state index in [9.17, 15) is 0 Å². The van der Waals surface area contributed by atoms with E-state index in [0.717, 1.165) is 22.0 Å². The molecule has 4 aromatic carbocycles. The molecule has 0 aliphatic rings. The van der Waals surface area contributed by atoms with E-state index in [1.807, 2.05) is 36.4 Å². The van der Waals surface area contributed by atoms with Gasteiger partial charge in [-0.05, 0) is 47.0 Å². The molecule has 2 heteroatoms. The first kappa shape index (κ1) is 16.4. The Kier molecular flexibility index (Phi) is 4.72. The van der Waals surface area contributed by atoms with Crippen LogP contribution in [0.1, 0.15) is 0 Å². The van der Waals surface area contributed by atoms with Crippen molar-refractivity contribution >= 4 is 23.0 Å². The van der Waals surface area contributed by atoms with E-state index >= 15 is 0 Å². The zero-order valence-electron chi connectivity index (χ0n) is 14.2. The molecule has 4 rings (SSSR count). The Hall–Kier alpha value is -3.03. The van der Waals surface area contributed by atoms with Crippen LogP contribution in [-0.2, 0) is 0 Å². The van der Waals surface area contributed by atoms with Crippen molar-refractivity contribution in [1.29, 1.82) is 0 Å². The summed E-state index contributed by atoms with van der Waals surface area (Å²) >= 11 is 6.13. The molecule has 0 spiro atoms. The van der Waals surface area contributed by atoms with Crippen molar-refractivity contribution in [3.63, 3.8) is 0 Å². The molecule has 0 atom stereocenters. The second-order valence-corrected chi connectivity index (χ2v) is 6.56. The lowest BCUT2D eigenvalue weighted by atomic mass is 9.97. The molecule has 0 aliphatic carbocycles. The summed E-state index contributed by atoms with van der Waals surface area (Å²) in [4.78, 5) is 0. The van der Waals surface area contributed by atoms with Gasteiger partial charge in [0.15, 0.2) is 0 Å². The second-order valence-electron chi connectivity index (χ2n) is 6.13. The number of anilines is 2. The zero-order valence-corrected chi connectivity index (χ0v) is 14.9. The van der Waals surface area contributed by atoms with Gasteiger partial charge in [0.2, 0.25) is 0 Å². The molecule has 126 valence electrons. The van der Waals surface area contributed by atoms with Crippen LogP contribution in [0, 0.1) is 0 Å². The maximum Gasteiger partial charge on any atom is 0.0464 e. The van der Waals surface area contributed by atoms with Crippen molar-refractivity contribution in [1.82, 2.24) is 0 Å². The van der Waals surface area contributed by atoms with Gasteiger partial charge in [-0.3, -0.25) is 0 Å². The van der Waals surface area contributed by atoms with E-state index in [1.54, 1.807) is 0 Å². The minimum atomic E-state index is 0.720. The van der Waals surface area contributed by atoms with Gasteiger partial charge in [0.1, 0.15) is 0 Å². The Morgan fingerprint density at radius 1 is 0.538 bits per heavy atom. The summed E-state index contributed by atoms with van der Waals surface area (Å²) in [6.07, 6.45) is 0. The highest BCUT2D eigenvalue weighted by Crippen LogP contribution is 2.34. The first-order valence-electron chi connectivity index (χ1n) is 8.57. The molecule has 0 fully saturated rings. The smallest absolute Gasteiger partial charge is 0.0464 e. The topological polar surface area (TPSA) is 12.0 Å². The van der Waals surface area contributed by atoms with E-state index in [4.69, 9.17) is 11.6 Å². The van der Waals surface area contributed by atoms with Crippen LogP contribution in [0.15, 0.2) is 103 Å². The fourth-order valence-corrected chi connectivity index (χ4v) is 3.23. The van der Waals surface area contributed by atoms with Crippen molar-refractivity contribution in [2.45, 2.75) is 0 Å². The number of halogens is 1. The molecule has 0 heterocycles. The number of nitrogens with one attached hydrogen (secondary N) is 1. The van der Waals surface area contributed by atoms with Crippen LogP contribution in [0.25, 0.3) is 22.3 Å². The molecule has 0 saturated heterocycles. The summed E-state index contributed by atoms with van der Waals surface area (Å²) in [6.45, 7) is 0. The lowest BCUT2D eigenvalue weighted by molar-refractivity contribution is 1.52. The third-order valence-corrected chi connectivity index (χ3v) is 4.55. The predicted octanol–water partition coefficient (Wildman–Crippen LogP) is 7.42. The van der Waals surface area contributed by atoms with E-state index in [-0.39, 0.29) is 0 Å². The predicted molar refractivity (Wildman–Crippen MR) is 112 cm³/mol. The molecule has 0 bridgehead atoms. The molecule has 26 heavy (non-hydrogen) atoms. The highest BCUT2D eigenvalue weighted by Gasteiger charge is 2.08. The van der Waals surface area contributed by atoms with E-state index in [2.05, 4.69) is 72.0 Å². The Bertz CT molecular complexity index is 1010. The molecule has 1 nitrogen and oxygen atoms in total. The second kappa shape index (κ2) is 7.47. The van der Waals surface area contributed by atoms with E-state index in [0.29, 0.717) is 0 Å². The fraction of sp³-hybridized carbons (Fsp3) is 0. The normalized spacial score (nSPS) is 10.5. The van der Waals surface area contributed by atoms with Gasteiger partial charge >= 0.3 is 0 Å². The maximum absolute atomic E-state index is 6.13. The molecule has 0 saturated carbocycles. The van der Waals surface area contributed by atoms with Crippen LogP contribution >= 0.6 is 11.6 Å². The zero-order chi connectivity index (χ0) is 17.8. The number of hydrogen-bond acceptors (Lipinski definition) is 1. The summed E-state index contributed by atoms with van der Waals surface area (Å²) < 4.78 is 0. The van der Waals surface area contributed by atoms with Crippen molar-refractivity contribution in [2.24, 2.45) is 0 Å². The van der Waals surface area contributed by atoms with Crippen molar-refractivity contribution in [3.8, 4) is 22.3 Å². The van der Waals surface area contributed by atoms with Gasteiger partial charge in [0.25, 0.3) is 0 Å². The average Bonchev–Trinajstić information content (AvgIpc) is 2.70. The first-order chi connectivity index (χ1) is 12.8. The standard InChI is InChI=1S/C24H18ClN/c25-21-12-7-13-22(17-21)26-24-15-14-20(18-8-3-1-4-9-18)16-23(24)19-10-5-2-6-11-19/h1-17,26H. The van der Waals surface area contributed by atoms with Crippen LogP contribution in [0.5, 0.6) is 0 Å². The van der Waals surface area contributed by atoms with Gasteiger partial charge in [-0.15, -0.1) is 0 Å². The van der Waals surface area contributed by atoms with Gasteiger partial charge in [0, 0.05) is 22.0 Å². The van der Waals surface area contributed by atoms with Crippen LogP contribution < -0.4 is 5.32 Å². The minimum absolute atomic E-state index is 0.720. The Morgan fingerprint density at radius 3 is 1.92 bits per heavy atom. The van der Waals surface area contributed by atoms with Gasteiger partial charge < -0.3 is 5.32 Å². The van der Waals surface area contributed by atoms with Crippen molar-refractivity contribution in [2.75, 3.05) is 5.32 Å². The lowest BCUT2D eigenvalue weighted by Crippen LogP contribution is -1.94. The fourth-order valence-electron chi connectivity index (χ4n) is 3.04. The van der Waals surface area contributed by atoms with Crippen LogP contribution in [0.2, 0.25) is 5.02 Å². The minimum Gasteiger partial charge on any atom is -0.355 e. The summed E-state index contributed by atoms with van der Waals surface area (Å²) in [5.41, 5.74) is 6.77. The third kappa shape index (κ3) is 3.63. The molecule has 0 aliphatic heterocycles. The van der Waals surface area contributed by atoms with Crippen LogP contribution in [-0.4, -0.2) is 0 Å². The molecule has 4 aromatic rings. The quantitative estimate of drug-likeness (QED) is 0.401. The Labute approximate surface area is 158 Å². The molecule has 1 N–H and O–H groups in total. The molecule has 0 radical (unpaired) electrons. The highest BCUT2D eigenvalue weighted by molar-refractivity contribution is 6.30. The number of hydrogen-bond donors (Lipinski definition) is 1. The molecular weight excluding hydrogens is 338 g/mol. The monoisotopic (exact) mass is 355 g/mol. The highest BCUT2D eigenvalue weighted by atomic mass is 35.5. The summed E-state index contributed by atoms with van der Waals surface area (Å²) in [6, 6.07) is 35.2. The molecule has 0 amide bonds. The maximum atomic E-state index is 6.13. The first-order valence-corrected chi connectivity index (χ1v) is 8.95. The summed E-state index contributed by atoms with van der Waals surface area (Å²) in [7, 11) is 0. The lowest BCUT2D eigenvalue weighted by Gasteiger charge is -2.15. The SMILES string of the molecule is Clc1cccc(Nc2ccc(-c3ccccc3)cc2-c2ccccc2)c1. The van der Waals surface area contributed by atoms with E-state index < -0.39 is 0 Å². The largest absolute Gasteiger partial charge is 0.355 e. The molecule has 0 aromatic heterocycles. The average molecular weight is 356 g/mol. The van der Waals surface area contributed by atoms with Crippen molar-refractivity contribution in [3.05, 3.63) is 108 Å². The van der Waals surface area contributed by atoms with Gasteiger partial charge in [0.05, 0.1) is 0 Å². The Balaban J connectivity index is 1.80. The van der Waals surface area contributed by atoms with Crippen molar-refractivity contribution < 1.29 is 0 Å². The summed E-state index contributed by atoms with van der Waals surface area (Å²) in [5, 5.41) is 4.23. The molecule has 0 unspecified atom stereocenters. The van der Waals surface area contributed by atoms with Gasteiger partial charge in [-0.2, -0.15) is 0 Å². The van der Waals surface area contributed by atoms with Gasteiger partial charge in [-0.25, -0.2) is 0 Å². The molecular formula is C24H18ClN. The number of rotatable bonds is 4. The third-order valence-electron chi connectivity index (χ3n) is 4.32. The van der Waals surface area contributed by atoms with E-state index in [1.165, 1.54) is 16.7 Å². The van der Waals surface area contributed by atoms with Crippen LogP contribution in [0.3, 0.4) is 0 Å². The Morgan fingerprint density at radius 2 is 1.23 bits per heavy atom. The van der Waals surface area contributed by atoms with Gasteiger partial charge in [-0.1, -0.05) is 84.4 Å². The number of benzene rings is 4. The van der Waals surface area contributed by atoms with Crippen LogP contribution in [0.4, 0.5) is 11.4 Å². The summed E-state index contributed by atoms with van der Waals surface area (Å²) in [5.74, 6) is 0.